The van der Waals surface area contributed by atoms with Crippen molar-refractivity contribution >= 4 is 12.1 Å². The number of amides is 1. The number of methoxy groups -OCH3 is 3. The maximum Gasteiger partial charge on any atom is 0.277 e. The van der Waals surface area contributed by atoms with E-state index < -0.39 is 0 Å². The average molecular weight is 344 g/mol. The zero-order valence-corrected chi connectivity index (χ0v) is 14.3. The van der Waals surface area contributed by atoms with Crippen LogP contribution in [0.1, 0.15) is 5.56 Å². The topological polar surface area (TPSA) is 78.4 Å². The highest BCUT2D eigenvalue weighted by Gasteiger charge is 2.12. The summed E-state index contributed by atoms with van der Waals surface area (Å²) in [5.74, 6) is 1.74. The van der Waals surface area contributed by atoms with E-state index in [4.69, 9.17) is 18.9 Å². The van der Waals surface area contributed by atoms with Gasteiger partial charge in [-0.2, -0.15) is 5.10 Å². The summed E-state index contributed by atoms with van der Waals surface area (Å²) in [5.41, 5.74) is 3.08. The Bertz CT molecular complexity index is 706. The smallest absolute Gasteiger partial charge is 0.277 e. The van der Waals surface area contributed by atoms with Crippen LogP contribution in [0.2, 0.25) is 0 Å². The number of carbonyl (C=O) groups is 1. The van der Waals surface area contributed by atoms with Gasteiger partial charge < -0.3 is 18.9 Å². The molecule has 132 valence electrons. The fraction of sp³-hybridized carbons (Fsp3) is 0.222. The standard InChI is InChI=1S/C18H20N2O5/c1-22-15-9-13(10-16(23-2)18(15)24-3)11-19-20-17(21)12-25-14-7-5-4-6-8-14/h4-11H,12H2,1-3H3,(H,20,21). The molecule has 2 rings (SSSR count). The molecule has 0 bridgehead atoms. The molecule has 0 saturated heterocycles. The van der Waals surface area contributed by atoms with Crippen LogP contribution >= 0.6 is 0 Å². The number of benzene rings is 2. The number of para-hydroxylation sites is 1. The molecule has 0 spiro atoms. The number of carbonyl (C=O) groups excluding carboxylic acids is 1. The van der Waals surface area contributed by atoms with Gasteiger partial charge in [0, 0.05) is 5.56 Å². The third kappa shape index (κ3) is 5.13. The molecule has 1 amide bonds. The largest absolute Gasteiger partial charge is 0.493 e. The summed E-state index contributed by atoms with van der Waals surface area (Å²) in [5, 5.41) is 3.90. The first-order valence-corrected chi connectivity index (χ1v) is 7.47. The van der Waals surface area contributed by atoms with Crippen molar-refractivity contribution < 1.29 is 23.7 Å². The average Bonchev–Trinajstić information content (AvgIpc) is 2.66. The Hall–Kier alpha value is -3.22. The second-order valence-electron chi connectivity index (χ2n) is 4.85. The molecule has 25 heavy (non-hydrogen) atoms. The van der Waals surface area contributed by atoms with Gasteiger partial charge in [0.15, 0.2) is 18.1 Å². The van der Waals surface area contributed by atoms with E-state index in [-0.39, 0.29) is 12.5 Å². The van der Waals surface area contributed by atoms with Crippen molar-refractivity contribution in [1.82, 2.24) is 5.43 Å². The van der Waals surface area contributed by atoms with Crippen molar-refractivity contribution in [3.8, 4) is 23.0 Å². The second kappa shape index (κ2) is 9.17. The van der Waals surface area contributed by atoms with Crippen molar-refractivity contribution in [1.29, 1.82) is 0 Å². The minimum absolute atomic E-state index is 0.128. The Morgan fingerprint density at radius 3 is 2.24 bits per heavy atom. The summed E-state index contributed by atoms with van der Waals surface area (Å²) >= 11 is 0. The number of nitrogens with zero attached hydrogens (tertiary/aromatic N) is 1. The number of ether oxygens (including phenoxy) is 4. The second-order valence-corrected chi connectivity index (χ2v) is 4.85. The molecule has 0 aliphatic carbocycles. The normalized spacial score (nSPS) is 10.4. The summed E-state index contributed by atoms with van der Waals surface area (Å²) in [6.45, 7) is -0.128. The van der Waals surface area contributed by atoms with E-state index in [1.54, 1.807) is 24.3 Å². The summed E-state index contributed by atoms with van der Waals surface area (Å²) < 4.78 is 21.1. The first-order valence-electron chi connectivity index (χ1n) is 7.47. The zero-order valence-electron chi connectivity index (χ0n) is 14.3. The number of nitrogens with one attached hydrogen (secondary N) is 1. The van der Waals surface area contributed by atoms with Gasteiger partial charge in [-0.1, -0.05) is 18.2 Å². The van der Waals surface area contributed by atoms with Crippen LogP contribution in [0.5, 0.6) is 23.0 Å². The molecule has 7 heteroatoms. The highest BCUT2D eigenvalue weighted by molar-refractivity contribution is 5.84. The first-order chi connectivity index (χ1) is 12.2. The van der Waals surface area contributed by atoms with Crippen LogP contribution in [-0.2, 0) is 4.79 Å². The maximum atomic E-state index is 11.7. The van der Waals surface area contributed by atoms with Crippen molar-refractivity contribution in [3.63, 3.8) is 0 Å². The van der Waals surface area contributed by atoms with Gasteiger partial charge in [0.05, 0.1) is 27.5 Å². The predicted molar refractivity (Wildman–Crippen MR) is 93.8 cm³/mol. The molecule has 1 N–H and O–H groups in total. The van der Waals surface area contributed by atoms with Gasteiger partial charge in [-0.25, -0.2) is 5.43 Å². The minimum Gasteiger partial charge on any atom is -0.493 e. The van der Waals surface area contributed by atoms with Gasteiger partial charge in [-0.3, -0.25) is 4.79 Å². The summed E-state index contributed by atoms with van der Waals surface area (Å²) in [4.78, 5) is 11.7. The fourth-order valence-corrected chi connectivity index (χ4v) is 2.05. The van der Waals surface area contributed by atoms with E-state index in [1.165, 1.54) is 27.5 Å². The molecule has 2 aromatic carbocycles. The molecule has 0 atom stereocenters. The van der Waals surface area contributed by atoms with E-state index in [1.807, 2.05) is 18.2 Å². The lowest BCUT2D eigenvalue weighted by molar-refractivity contribution is -0.123. The van der Waals surface area contributed by atoms with Crippen LogP contribution in [0, 0.1) is 0 Å². The molecule has 7 nitrogen and oxygen atoms in total. The number of hydrazone groups is 1. The Morgan fingerprint density at radius 1 is 1.04 bits per heavy atom. The number of hydrogen-bond acceptors (Lipinski definition) is 6. The van der Waals surface area contributed by atoms with Gasteiger partial charge in [-0.15, -0.1) is 0 Å². The lowest BCUT2D eigenvalue weighted by Crippen LogP contribution is -2.24. The quantitative estimate of drug-likeness (QED) is 0.587. The maximum absolute atomic E-state index is 11.7. The monoisotopic (exact) mass is 344 g/mol. The molecule has 0 aromatic heterocycles. The van der Waals surface area contributed by atoms with Crippen molar-refractivity contribution in [2.24, 2.45) is 5.10 Å². The summed E-state index contributed by atoms with van der Waals surface area (Å²) in [7, 11) is 4.59. The van der Waals surface area contributed by atoms with Crippen molar-refractivity contribution in [2.75, 3.05) is 27.9 Å². The zero-order chi connectivity index (χ0) is 18.1. The Balaban J connectivity index is 1.96. The highest BCUT2D eigenvalue weighted by Crippen LogP contribution is 2.37. The minimum atomic E-state index is -0.368. The lowest BCUT2D eigenvalue weighted by atomic mass is 10.2. The Kier molecular flexibility index (Phi) is 6.65. The molecular weight excluding hydrogens is 324 g/mol. The SMILES string of the molecule is COc1cc(C=NNC(=O)COc2ccccc2)cc(OC)c1OC. The Morgan fingerprint density at radius 2 is 1.68 bits per heavy atom. The van der Waals surface area contributed by atoms with Crippen molar-refractivity contribution in [2.45, 2.75) is 0 Å². The van der Waals surface area contributed by atoms with Gasteiger partial charge in [0.25, 0.3) is 5.91 Å². The van der Waals surface area contributed by atoms with Crippen molar-refractivity contribution in [3.05, 3.63) is 48.0 Å². The molecule has 0 aliphatic rings. The highest BCUT2D eigenvalue weighted by atomic mass is 16.5. The molecule has 0 saturated carbocycles. The summed E-state index contributed by atoms with van der Waals surface area (Å²) in [6.07, 6.45) is 1.48. The van der Waals surface area contributed by atoms with E-state index in [0.717, 1.165) is 0 Å². The van der Waals surface area contributed by atoms with Crippen LogP contribution in [0.3, 0.4) is 0 Å². The van der Waals surface area contributed by atoms with E-state index in [0.29, 0.717) is 28.6 Å². The van der Waals surface area contributed by atoms with Crippen LogP contribution in [0.15, 0.2) is 47.6 Å². The lowest BCUT2D eigenvalue weighted by Gasteiger charge is -2.12. The predicted octanol–water partition coefficient (Wildman–Crippen LogP) is 2.24. The number of rotatable bonds is 8. The third-order valence-electron chi connectivity index (χ3n) is 3.20. The van der Waals surface area contributed by atoms with E-state index in [9.17, 15) is 4.79 Å². The van der Waals surface area contributed by atoms with E-state index in [2.05, 4.69) is 10.5 Å². The molecule has 0 aliphatic heterocycles. The fourth-order valence-electron chi connectivity index (χ4n) is 2.05. The molecule has 0 fully saturated rings. The molecule has 2 aromatic rings. The van der Waals surface area contributed by atoms with Crippen LogP contribution in [0.4, 0.5) is 0 Å². The van der Waals surface area contributed by atoms with Gasteiger partial charge in [0.1, 0.15) is 5.75 Å². The van der Waals surface area contributed by atoms with Gasteiger partial charge in [-0.05, 0) is 24.3 Å². The molecule has 0 unspecified atom stereocenters. The van der Waals surface area contributed by atoms with Crippen LogP contribution in [0.25, 0.3) is 0 Å². The van der Waals surface area contributed by atoms with E-state index >= 15 is 0 Å². The van der Waals surface area contributed by atoms with Crippen LogP contribution < -0.4 is 24.4 Å². The number of hydrogen-bond donors (Lipinski definition) is 1. The molecule has 0 heterocycles. The molecule has 0 radical (unpaired) electrons. The summed E-state index contributed by atoms with van der Waals surface area (Å²) in [6, 6.07) is 12.5. The van der Waals surface area contributed by atoms with Gasteiger partial charge in [0.2, 0.25) is 5.75 Å². The molecular formula is C18H20N2O5. The first kappa shape index (κ1) is 18.1. The Labute approximate surface area is 146 Å². The van der Waals surface area contributed by atoms with Crippen LogP contribution in [-0.4, -0.2) is 40.1 Å². The third-order valence-corrected chi connectivity index (χ3v) is 3.20. The van der Waals surface area contributed by atoms with Gasteiger partial charge >= 0.3 is 0 Å².